The molecule has 0 unspecified atom stereocenters. The Balaban J connectivity index is 2.10. The van der Waals surface area contributed by atoms with E-state index in [1.807, 2.05) is 0 Å². The van der Waals surface area contributed by atoms with Gasteiger partial charge in [-0.25, -0.2) is 4.79 Å². The second-order valence-corrected chi connectivity index (χ2v) is 4.75. The number of carboxylic acids is 1. The molecule has 1 rings (SSSR count). The van der Waals surface area contributed by atoms with Gasteiger partial charge in [-0.05, 0) is 12.8 Å². The quantitative estimate of drug-likeness (QED) is 0.361. The minimum Gasteiger partial charge on any atom is -0.481 e. The van der Waals surface area contributed by atoms with Crippen LogP contribution >= 0.6 is 0 Å². The average Bonchev–Trinajstić information content (AvgIpc) is 2.74. The van der Waals surface area contributed by atoms with E-state index in [1.54, 1.807) is 0 Å². The number of carbonyl (C=O) groups excluding carboxylic acids is 3. The Kier molecular flexibility index (Phi) is 6.69. The summed E-state index contributed by atoms with van der Waals surface area (Å²) in [4.78, 5) is 44.4. The van der Waals surface area contributed by atoms with E-state index in [-0.39, 0.29) is 25.0 Å². The molecule has 0 radical (unpaired) electrons. The summed E-state index contributed by atoms with van der Waals surface area (Å²) in [5.41, 5.74) is 0. The summed E-state index contributed by atoms with van der Waals surface area (Å²) in [6.07, 6.45) is 2.29. The molecule has 1 aliphatic rings. The van der Waals surface area contributed by atoms with E-state index in [0.717, 1.165) is 0 Å². The minimum atomic E-state index is -0.848. The van der Waals surface area contributed by atoms with Crippen molar-refractivity contribution in [3.05, 3.63) is 0 Å². The van der Waals surface area contributed by atoms with Crippen LogP contribution in [0, 0.1) is 0 Å². The number of amides is 1. The fourth-order valence-corrected chi connectivity index (χ4v) is 1.91. The van der Waals surface area contributed by atoms with Crippen LogP contribution in [0.2, 0.25) is 0 Å². The van der Waals surface area contributed by atoms with Gasteiger partial charge in [-0.2, -0.15) is 0 Å². The monoisotopic (exact) mass is 285 g/mol. The predicted molar refractivity (Wildman–Crippen MR) is 67.9 cm³/mol. The topological polar surface area (TPSA) is 110 Å². The van der Waals surface area contributed by atoms with Gasteiger partial charge in [0.25, 0.3) is 0 Å². The highest BCUT2D eigenvalue weighted by atomic mass is 16.5. The standard InChI is InChI=1S/C13H19NO6/c15-9(4-2-1-3-5-12(17)18)8-11(16)14-10-6-7-20-13(10)19/h10H,1-8H2,(H,14,16)(H,17,18)/t10-/m0/s1. The van der Waals surface area contributed by atoms with Crippen molar-refractivity contribution < 1.29 is 29.0 Å². The number of esters is 1. The first-order valence-corrected chi connectivity index (χ1v) is 6.68. The molecule has 7 nitrogen and oxygen atoms in total. The SMILES string of the molecule is O=C(O)CCCCCC(=O)CC(=O)N[C@H]1CCOC1=O. The number of carboxylic acid groups (broad SMARTS) is 1. The van der Waals surface area contributed by atoms with Crippen molar-refractivity contribution >= 4 is 23.6 Å². The van der Waals surface area contributed by atoms with Gasteiger partial charge in [0.1, 0.15) is 11.8 Å². The number of ketones is 1. The van der Waals surface area contributed by atoms with Gasteiger partial charge in [-0.1, -0.05) is 6.42 Å². The summed E-state index contributed by atoms with van der Waals surface area (Å²) in [6.45, 7) is 0.293. The highest BCUT2D eigenvalue weighted by Crippen LogP contribution is 2.07. The molecule has 7 heteroatoms. The van der Waals surface area contributed by atoms with E-state index in [2.05, 4.69) is 5.32 Å². The molecule has 1 aliphatic heterocycles. The van der Waals surface area contributed by atoms with Gasteiger partial charge in [-0.15, -0.1) is 0 Å². The summed E-state index contributed by atoms with van der Waals surface area (Å²) in [5.74, 6) is -1.98. The molecule has 0 saturated carbocycles. The number of nitrogens with one attached hydrogen (secondary N) is 1. The largest absolute Gasteiger partial charge is 0.481 e. The molecule has 1 fully saturated rings. The number of carbonyl (C=O) groups is 4. The minimum absolute atomic E-state index is 0.0957. The zero-order valence-corrected chi connectivity index (χ0v) is 11.2. The fraction of sp³-hybridized carbons (Fsp3) is 0.692. The van der Waals surface area contributed by atoms with Crippen LogP contribution in [-0.2, 0) is 23.9 Å². The summed E-state index contributed by atoms with van der Waals surface area (Å²) in [5, 5.41) is 10.9. The third kappa shape index (κ3) is 6.31. The molecular formula is C13H19NO6. The molecule has 0 spiro atoms. The predicted octanol–water partition coefficient (Wildman–Crippen LogP) is 0.412. The van der Waals surface area contributed by atoms with E-state index in [9.17, 15) is 19.2 Å². The zero-order chi connectivity index (χ0) is 15.0. The van der Waals surface area contributed by atoms with Crippen LogP contribution in [0.4, 0.5) is 0 Å². The van der Waals surface area contributed by atoms with Crippen molar-refractivity contribution in [2.24, 2.45) is 0 Å². The lowest BCUT2D eigenvalue weighted by Gasteiger charge is -2.08. The normalized spacial score (nSPS) is 17.6. The molecule has 20 heavy (non-hydrogen) atoms. The molecule has 0 aliphatic carbocycles. The van der Waals surface area contributed by atoms with Crippen molar-refractivity contribution in [3.8, 4) is 0 Å². The number of hydrogen-bond donors (Lipinski definition) is 2. The van der Waals surface area contributed by atoms with Crippen molar-refractivity contribution in [2.75, 3.05) is 6.61 Å². The van der Waals surface area contributed by atoms with Gasteiger partial charge >= 0.3 is 11.9 Å². The lowest BCUT2D eigenvalue weighted by molar-refractivity contribution is -0.142. The lowest BCUT2D eigenvalue weighted by Crippen LogP contribution is -2.38. The van der Waals surface area contributed by atoms with Crippen molar-refractivity contribution in [1.82, 2.24) is 5.32 Å². The van der Waals surface area contributed by atoms with Crippen molar-refractivity contribution in [1.29, 1.82) is 0 Å². The summed E-state index contributed by atoms with van der Waals surface area (Å²) < 4.78 is 4.70. The zero-order valence-electron chi connectivity index (χ0n) is 11.2. The van der Waals surface area contributed by atoms with Crippen LogP contribution in [0.25, 0.3) is 0 Å². The van der Waals surface area contributed by atoms with Gasteiger partial charge in [0, 0.05) is 19.3 Å². The van der Waals surface area contributed by atoms with E-state index in [0.29, 0.717) is 32.3 Å². The first kappa shape index (κ1) is 16.1. The maximum atomic E-state index is 11.5. The van der Waals surface area contributed by atoms with Crippen LogP contribution in [0.15, 0.2) is 0 Å². The molecule has 1 amide bonds. The van der Waals surface area contributed by atoms with E-state index >= 15 is 0 Å². The van der Waals surface area contributed by atoms with Crippen LogP contribution in [0.1, 0.15) is 44.9 Å². The molecule has 0 aromatic rings. The number of hydrogen-bond acceptors (Lipinski definition) is 5. The maximum Gasteiger partial charge on any atom is 0.328 e. The molecule has 1 atom stereocenters. The Bertz CT molecular complexity index is 392. The first-order valence-electron chi connectivity index (χ1n) is 6.68. The fourth-order valence-electron chi connectivity index (χ4n) is 1.91. The molecule has 0 aromatic heterocycles. The molecule has 0 aromatic carbocycles. The van der Waals surface area contributed by atoms with Gasteiger partial charge < -0.3 is 15.2 Å². The highest BCUT2D eigenvalue weighted by Gasteiger charge is 2.28. The van der Waals surface area contributed by atoms with E-state index in [1.165, 1.54) is 0 Å². The van der Waals surface area contributed by atoms with Crippen molar-refractivity contribution in [3.63, 3.8) is 0 Å². The summed E-state index contributed by atoms with van der Waals surface area (Å²) >= 11 is 0. The average molecular weight is 285 g/mol. The number of aliphatic carboxylic acids is 1. The first-order chi connectivity index (χ1) is 9.49. The summed E-state index contributed by atoms with van der Waals surface area (Å²) in [6, 6.07) is -0.633. The van der Waals surface area contributed by atoms with Crippen LogP contribution < -0.4 is 5.32 Å². The maximum absolute atomic E-state index is 11.5. The number of cyclic esters (lactones) is 1. The Morgan fingerprint density at radius 3 is 2.50 bits per heavy atom. The van der Waals surface area contributed by atoms with Crippen LogP contribution in [0.3, 0.4) is 0 Å². The molecular weight excluding hydrogens is 266 g/mol. The van der Waals surface area contributed by atoms with Crippen LogP contribution in [0.5, 0.6) is 0 Å². The smallest absolute Gasteiger partial charge is 0.328 e. The number of unbranched alkanes of at least 4 members (excludes halogenated alkanes) is 2. The Morgan fingerprint density at radius 2 is 1.90 bits per heavy atom. The summed E-state index contributed by atoms with van der Waals surface area (Å²) in [7, 11) is 0. The number of Topliss-reactive ketones (excluding diaryl/α,β-unsaturated/α-hetero) is 1. The molecule has 112 valence electrons. The lowest BCUT2D eigenvalue weighted by atomic mass is 10.1. The Hall–Kier alpha value is -1.92. The highest BCUT2D eigenvalue weighted by molar-refractivity contribution is 5.99. The van der Waals surface area contributed by atoms with Gasteiger partial charge in [0.05, 0.1) is 13.0 Å². The number of ether oxygens (including phenoxy) is 1. The number of rotatable bonds is 9. The second kappa shape index (κ2) is 8.29. The second-order valence-electron chi connectivity index (χ2n) is 4.75. The molecule has 1 saturated heterocycles. The Labute approximate surface area is 116 Å². The molecule has 0 bridgehead atoms. The van der Waals surface area contributed by atoms with Gasteiger partial charge in [0.15, 0.2) is 0 Å². The molecule has 1 heterocycles. The van der Waals surface area contributed by atoms with Gasteiger partial charge in [-0.3, -0.25) is 14.4 Å². The Morgan fingerprint density at radius 1 is 1.20 bits per heavy atom. The third-order valence-electron chi connectivity index (χ3n) is 2.97. The van der Waals surface area contributed by atoms with Gasteiger partial charge in [0.2, 0.25) is 5.91 Å². The molecule has 2 N–H and O–H groups in total. The third-order valence-corrected chi connectivity index (χ3v) is 2.97. The van der Waals surface area contributed by atoms with E-state index in [4.69, 9.17) is 9.84 Å². The van der Waals surface area contributed by atoms with Crippen LogP contribution in [-0.4, -0.2) is 41.4 Å². The van der Waals surface area contributed by atoms with Crippen molar-refractivity contribution in [2.45, 2.75) is 51.0 Å². The van der Waals surface area contributed by atoms with E-state index < -0.39 is 23.9 Å².